The van der Waals surface area contributed by atoms with Crippen molar-refractivity contribution in [3.63, 3.8) is 0 Å². The molecule has 0 saturated carbocycles. The molecule has 136 valence electrons. The molecule has 0 unspecified atom stereocenters. The van der Waals surface area contributed by atoms with E-state index in [9.17, 15) is 4.79 Å². The van der Waals surface area contributed by atoms with Gasteiger partial charge >= 0.3 is 0 Å². The summed E-state index contributed by atoms with van der Waals surface area (Å²) < 4.78 is 1.19. The standard InChI is InChI=1S/C21H19N3OS2/c1-2-3-10-23-20(25)14-7-8-18-17(13-14)24-19(16-6-4-5-11-22-16)15-9-12-26-21(15)27-18/h4-9,11-13H,2-3,10H2,1H3,(H,23,25). The maximum absolute atomic E-state index is 12.4. The predicted molar refractivity (Wildman–Crippen MR) is 112 cm³/mol. The van der Waals surface area contributed by atoms with E-state index in [1.165, 1.54) is 4.21 Å². The highest BCUT2D eigenvalue weighted by molar-refractivity contribution is 8.01. The number of amides is 1. The van der Waals surface area contributed by atoms with Crippen molar-refractivity contribution in [2.75, 3.05) is 6.54 Å². The number of thiophene rings is 1. The fourth-order valence-electron chi connectivity index (χ4n) is 2.84. The van der Waals surface area contributed by atoms with Crippen LogP contribution in [-0.4, -0.2) is 23.1 Å². The molecule has 1 aliphatic rings. The van der Waals surface area contributed by atoms with Crippen LogP contribution in [0.2, 0.25) is 0 Å². The van der Waals surface area contributed by atoms with Gasteiger partial charge in [0.2, 0.25) is 0 Å². The highest BCUT2D eigenvalue weighted by Crippen LogP contribution is 2.43. The van der Waals surface area contributed by atoms with Crippen LogP contribution in [0.25, 0.3) is 0 Å². The van der Waals surface area contributed by atoms with Crippen molar-refractivity contribution in [2.24, 2.45) is 4.99 Å². The lowest BCUT2D eigenvalue weighted by Crippen LogP contribution is -2.24. The molecule has 27 heavy (non-hydrogen) atoms. The van der Waals surface area contributed by atoms with Crippen LogP contribution in [0, 0.1) is 0 Å². The lowest BCUT2D eigenvalue weighted by Gasteiger charge is -2.08. The van der Waals surface area contributed by atoms with Gasteiger partial charge in [-0.25, -0.2) is 4.99 Å². The minimum Gasteiger partial charge on any atom is -0.352 e. The second kappa shape index (κ2) is 8.06. The number of fused-ring (bicyclic) bond motifs is 2. The zero-order valence-corrected chi connectivity index (χ0v) is 16.6. The van der Waals surface area contributed by atoms with Crippen LogP contribution < -0.4 is 5.32 Å². The molecule has 4 nitrogen and oxygen atoms in total. The van der Waals surface area contributed by atoms with Gasteiger partial charge in [-0.1, -0.05) is 31.2 Å². The van der Waals surface area contributed by atoms with Crippen LogP contribution in [0.15, 0.2) is 68.1 Å². The van der Waals surface area contributed by atoms with Crippen LogP contribution in [0.4, 0.5) is 5.69 Å². The summed E-state index contributed by atoms with van der Waals surface area (Å²) in [4.78, 5) is 22.9. The Labute approximate surface area is 166 Å². The highest BCUT2D eigenvalue weighted by atomic mass is 32.2. The van der Waals surface area contributed by atoms with Gasteiger partial charge in [-0.3, -0.25) is 9.78 Å². The smallest absolute Gasteiger partial charge is 0.251 e. The molecule has 0 aliphatic carbocycles. The lowest BCUT2D eigenvalue weighted by atomic mass is 10.1. The number of aromatic nitrogens is 1. The molecule has 0 spiro atoms. The van der Waals surface area contributed by atoms with Crippen LogP contribution in [0.3, 0.4) is 0 Å². The molecule has 0 saturated heterocycles. The molecule has 1 aromatic carbocycles. The number of aliphatic imine (C=N–C) groups is 1. The fourth-order valence-corrected chi connectivity index (χ4v) is 4.91. The van der Waals surface area contributed by atoms with Gasteiger partial charge in [0.1, 0.15) is 0 Å². The van der Waals surface area contributed by atoms with Gasteiger partial charge in [-0.15, -0.1) is 11.3 Å². The number of rotatable bonds is 5. The number of hydrogen-bond donors (Lipinski definition) is 1. The Morgan fingerprint density at radius 1 is 1.19 bits per heavy atom. The Bertz CT molecular complexity index is 996. The van der Waals surface area contributed by atoms with E-state index in [1.807, 2.05) is 36.4 Å². The largest absolute Gasteiger partial charge is 0.352 e. The van der Waals surface area contributed by atoms with Crippen LogP contribution in [-0.2, 0) is 0 Å². The second-order valence-corrected chi connectivity index (χ2v) is 8.42. The molecule has 1 aliphatic heterocycles. The van der Waals surface area contributed by atoms with Crippen molar-refractivity contribution in [3.8, 4) is 0 Å². The van der Waals surface area contributed by atoms with Crippen LogP contribution >= 0.6 is 23.1 Å². The first-order chi connectivity index (χ1) is 13.3. The third kappa shape index (κ3) is 3.82. The summed E-state index contributed by atoms with van der Waals surface area (Å²) in [6.07, 6.45) is 3.82. The Hall–Kier alpha value is -2.44. The first kappa shape index (κ1) is 17.9. The van der Waals surface area contributed by atoms with E-state index < -0.39 is 0 Å². The zero-order valence-electron chi connectivity index (χ0n) is 14.9. The number of hydrogen-bond acceptors (Lipinski definition) is 5. The predicted octanol–water partition coefficient (Wildman–Crippen LogP) is 5.31. The topological polar surface area (TPSA) is 54.4 Å². The van der Waals surface area contributed by atoms with E-state index in [0.29, 0.717) is 12.1 Å². The number of carbonyl (C=O) groups is 1. The number of pyridine rings is 1. The van der Waals surface area contributed by atoms with Gasteiger partial charge in [0.25, 0.3) is 5.91 Å². The van der Waals surface area contributed by atoms with Gasteiger partial charge in [0, 0.05) is 28.8 Å². The summed E-state index contributed by atoms with van der Waals surface area (Å²) in [5.74, 6) is -0.0511. The molecule has 4 rings (SSSR count). The number of carbonyl (C=O) groups excluding carboxylic acids is 1. The van der Waals surface area contributed by atoms with Gasteiger partial charge in [0.05, 0.1) is 21.3 Å². The monoisotopic (exact) mass is 393 g/mol. The summed E-state index contributed by atoms with van der Waals surface area (Å²) >= 11 is 3.39. The van der Waals surface area contributed by atoms with E-state index >= 15 is 0 Å². The maximum Gasteiger partial charge on any atom is 0.251 e. The minimum atomic E-state index is -0.0511. The molecule has 0 fully saturated rings. The van der Waals surface area contributed by atoms with E-state index in [0.717, 1.165) is 40.4 Å². The van der Waals surface area contributed by atoms with Crippen LogP contribution in [0.1, 0.15) is 41.4 Å². The minimum absolute atomic E-state index is 0.0511. The lowest BCUT2D eigenvalue weighted by molar-refractivity contribution is 0.0953. The Morgan fingerprint density at radius 3 is 2.93 bits per heavy atom. The third-order valence-corrected chi connectivity index (χ3v) is 6.48. The van der Waals surface area contributed by atoms with E-state index in [-0.39, 0.29) is 5.91 Å². The van der Waals surface area contributed by atoms with Gasteiger partial charge in [-0.05, 0) is 48.2 Å². The third-order valence-electron chi connectivity index (χ3n) is 4.26. The molecular formula is C21H19N3OS2. The average molecular weight is 394 g/mol. The first-order valence-corrected chi connectivity index (χ1v) is 10.6. The summed E-state index contributed by atoms with van der Waals surface area (Å²) in [6, 6.07) is 13.7. The summed E-state index contributed by atoms with van der Waals surface area (Å²) in [6.45, 7) is 2.80. The quantitative estimate of drug-likeness (QED) is 0.468. The van der Waals surface area contributed by atoms with Gasteiger partial charge in [-0.2, -0.15) is 0 Å². The van der Waals surface area contributed by atoms with Crippen molar-refractivity contribution in [1.82, 2.24) is 10.3 Å². The molecule has 2 aromatic heterocycles. The summed E-state index contributed by atoms with van der Waals surface area (Å²) in [5.41, 5.74) is 4.23. The molecular weight excluding hydrogens is 374 g/mol. The number of unbranched alkanes of at least 4 members (excludes halogenated alkanes) is 1. The maximum atomic E-state index is 12.4. The van der Waals surface area contributed by atoms with E-state index in [2.05, 4.69) is 28.7 Å². The zero-order chi connectivity index (χ0) is 18.6. The normalized spacial score (nSPS) is 12.6. The van der Waals surface area contributed by atoms with Crippen molar-refractivity contribution >= 4 is 40.4 Å². The Balaban J connectivity index is 1.75. The molecule has 3 heterocycles. The summed E-state index contributed by atoms with van der Waals surface area (Å²) in [7, 11) is 0. The highest BCUT2D eigenvalue weighted by Gasteiger charge is 2.21. The SMILES string of the molecule is CCCCNC(=O)c1ccc2c(c1)N=C(c1ccccn1)c1ccsc1S2. The molecule has 0 atom stereocenters. The van der Waals surface area contributed by atoms with Crippen molar-refractivity contribution in [3.05, 3.63) is 70.9 Å². The average Bonchev–Trinajstić information content (AvgIpc) is 3.09. The number of benzene rings is 1. The Kier molecular flexibility index (Phi) is 5.36. The van der Waals surface area contributed by atoms with E-state index in [4.69, 9.17) is 4.99 Å². The van der Waals surface area contributed by atoms with Crippen molar-refractivity contribution in [1.29, 1.82) is 0 Å². The number of nitrogens with zero attached hydrogens (tertiary/aromatic N) is 2. The molecule has 0 bridgehead atoms. The number of nitrogens with one attached hydrogen (secondary N) is 1. The molecule has 1 N–H and O–H groups in total. The Morgan fingerprint density at radius 2 is 2.11 bits per heavy atom. The van der Waals surface area contributed by atoms with Crippen LogP contribution in [0.5, 0.6) is 0 Å². The molecule has 0 radical (unpaired) electrons. The first-order valence-electron chi connectivity index (χ1n) is 8.94. The second-order valence-electron chi connectivity index (χ2n) is 6.19. The van der Waals surface area contributed by atoms with E-state index in [1.54, 1.807) is 29.3 Å². The molecule has 1 amide bonds. The fraction of sp³-hybridized carbons (Fsp3) is 0.190. The van der Waals surface area contributed by atoms with Gasteiger partial charge < -0.3 is 5.32 Å². The van der Waals surface area contributed by atoms with Gasteiger partial charge in [0.15, 0.2) is 0 Å². The van der Waals surface area contributed by atoms with Crippen molar-refractivity contribution in [2.45, 2.75) is 28.9 Å². The summed E-state index contributed by atoms with van der Waals surface area (Å²) in [5, 5.41) is 5.05. The van der Waals surface area contributed by atoms with Crippen molar-refractivity contribution < 1.29 is 4.79 Å². The molecule has 6 heteroatoms. The molecule has 3 aromatic rings.